The second-order valence-electron chi connectivity index (χ2n) is 4.51. The van der Waals surface area contributed by atoms with Gasteiger partial charge in [0.25, 0.3) is 0 Å². The van der Waals surface area contributed by atoms with Crippen molar-refractivity contribution in [3.8, 4) is 0 Å². The molecule has 0 aromatic rings. The first kappa shape index (κ1) is 15.2. The van der Waals surface area contributed by atoms with Crippen LogP contribution in [0.5, 0.6) is 0 Å². The van der Waals surface area contributed by atoms with Gasteiger partial charge in [0.1, 0.15) is 5.84 Å². The number of ether oxygens (including phenoxy) is 1. The lowest BCUT2D eigenvalue weighted by Gasteiger charge is -2.31. The van der Waals surface area contributed by atoms with Crippen molar-refractivity contribution < 1.29 is 17.9 Å². The summed E-state index contributed by atoms with van der Waals surface area (Å²) in [6, 6.07) is 0. The number of nitrogens with one attached hydrogen (secondary N) is 1. The summed E-state index contributed by atoms with van der Waals surface area (Å²) in [7, 11) is 1.55. The lowest BCUT2D eigenvalue weighted by Crippen LogP contribution is -2.40. The van der Waals surface area contributed by atoms with Gasteiger partial charge in [0.2, 0.25) is 0 Å². The van der Waals surface area contributed by atoms with E-state index in [2.05, 4.69) is 10.4 Å². The number of aliphatic imine (C=N–C) groups is 1. The van der Waals surface area contributed by atoms with Crippen LogP contribution in [0.3, 0.4) is 0 Å². The van der Waals surface area contributed by atoms with E-state index in [9.17, 15) is 13.2 Å². The van der Waals surface area contributed by atoms with Gasteiger partial charge in [-0.1, -0.05) is 6.42 Å². The maximum atomic E-state index is 12.7. The van der Waals surface area contributed by atoms with Gasteiger partial charge in [0.05, 0.1) is 19.1 Å². The summed E-state index contributed by atoms with van der Waals surface area (Å²) in [5, 5.41) is 0. The Labute approximate surface area is 105 Å². The summed E-state index contributed by atoms with van der Waals surface area (Å²) in [4.78, 5) is 4.16. The molecule has 0 heterocycles. The number of rotatable bonds is 4. The Balaban J connectivity index is 2.60. The smallest absolute Gasteiger partial charge is 0.383 e. The highest BCUT2D eigenvalue weighted by molar-refractivity contribution is 5.84. The molecule has 2 atom stereocenters. The van der Waals surface area contributed by atoms with Crippen LogP contribution in [0.25, 0.3) is 0 Å². The van der Waals surface area contributed by atoms with Crippen molar-refractivity contribution in [2.75, 3.05) is 20.3 Å². The number of nitrogens with zero attached hydrogens (tertiary/aromatic N) is 1. The summed E-state index contributed by atoms with van der Waals surface area (Å²) in [5.74, 6) is 4.33. The molecule has 7 heteroatoms. The number of amidine groups is 1. The molecule has 3 N–H and O–H groups in total. The molecule has 106 valence electrons. The summed E-state index contributed by atoms with van der Waals surface area (Å²) in [6.45, 7) is 0.837. The first-order valence-electron chi connectivity index (χ1n) is 6.05. The molecule has 0 aliphatic heterocycles. The number of alkyl halides is 3. The maximum Gasteiger partial charge on any atom is 0.391 e. The van der Waals surface area contributed by atoms with Gasteiger partial charge in [-0.05, 0) is 19.3 Å². The highest BCUT2D eigenvalue weighted by Gasteiger charge is 2.42. The minimum Gasteiger partial charge on any atom is -0.383 e. The molecule has 0 aromatic carbocycles. The van der Waals surface area contributed by atoms with Crippen molar-refractivity contribution in [3.63, 3.8) is 0 Å². The van der Waals surface area contributed by atoms with Gasteiger partial charge < -0.3 is 10.2 Å². The first-order chi connectivity index (χ1) is 8.49. The van der Waals surface area contributed by atoms with Gasteiger partial charge in [-0.2, -0.15) is 13.2 Å². The van der Waals surface area contributed by atoms with E-state index in [1.54, 1.807) is 7.11 Å². The van der Waals surface area contributed by atoms with Crippen molar-refractivity contribution >= 4 is 5.84 Å². The number of hydrogen-bond acceptors (Lipinski definition) is 3. The molecule has 0 saturated heterocycles. The molecular weight excluding hydrogens is 247 g/mol. The van der Waals surface area contributed by atoms with E-state index in [0.29, 0.717) is 31.8 Å². The van der Waals surface area contributed by atoms with Gasteiger partial charge in [-0.25, -0.2) is 5.84 Å². The highest BCUT2D eigenvalue weighted by atomic mass is 19.4. The second-order valence-corrected chi connectivity index (χ2v) is 4.51. The lowest BCUT2D eigenvalue weighted by atomic mass is 9.80. The zero-order chi connectivity index (χ0) is 13.6. The van der Waals surface area contributed by atoms with Crippen LogP contribution in [0.1, 0.15) is 25.7 Å². The Morgan fingerprint density at radius 1 is 1.44 bits per heavy atom. The average molecular weight is 267 g/mol. The molecule has 1 aliphatic rings. The number of nitrogens with two attached hydrogens (primary N) is 1. The fraction of sp³-hybridized carbons (Fsp3) is 0.909. The fourth-order valence-corrected chi connectivity index (χ4v) is 2.29. The highest BCUT2D eigenvalue weighted by Crippen LogP contribution is 2.40. The van der Waals surface area contributed by atoms with E-state index in [-0.39, 0.29) is 18.8 Å². The second kappa shape index (κ2) is 6.94. The molecule has 1 fully saturated rings. The van der Waals surface area contributed by atoms with Crippen LogP contribution in [0.2, 0.25) is 0 Å². The van der Waals surface area contributed by atoms with E-state index in [1.165, 1.54) is 0 Å². The summed E-state index contributed by atoms with van der Waals surface area (Å²) in [5.41, 5.74) is 2.43. The van der Waals surface area contributed by atoms with Crippen LogP contribution in [0, 0.1) is 11.8 Å². The molecule has 1 aliphatic carbocycles. The zero-order valence-electron chi connectivity index (χ0n) is 10.5. The Bertz CT molecular complexity index is 281. The van der Waals surface area contributed by atoms with Crippen molar-refractivity contribution in [2.45, 2.75) is 31.9 Å². The fourth-order valence-electron chi connectivity index (χ4n) is 2.29. The third-order valence-electron chi connectivity index (χ3n) is 3.25. The summed E-state index contributed by atoms with van der Waals surface area (Å²) >= 11 is 0. The maximum absolute atomic E-state index is 12.7. The molecule has 18 heavy (non-hydrogen) atoms. The van der Waals surface area contributed by atoms with E-state index < -0.39 is 12.1 Å². The Morgan fingerprint density at radius 2 is 2.17 bits per heavy atom. The van der Waals surface area contributed by atoms with Gasteiger partial charge >= 0.3 is 6.18 Å². The standard InChI is InChI=1S/C11H20F3N3O/c1-18-6-5-16-10(17-15)8-3-2-4-9(7-8)11(12,13)14/h8-9H,2-7,15H2,1H3,(H,16,17). The van der Waals surface area contributed by atoms with Crippen LogP contribution in [0.15, 0.2) is 4.99 Å². The molecule has 0 spiro atoms. The molecule has 0 aromatic heterocycles. The Kier molecular flexibility index (Phi) is 5.87. The quantitative estimate of drug-likeness (QED) is 0.269. The van der Waals surface area contributed by atoms with Crippen LogP contribution in [0.4, 0.5) is 13.2 Å². The normalized spacial score (nSPS) is 26.2. The zero-order valence-corrected chi connectivity index (χ0v) is 10.5. The predicted octanol–water partition coefficient (Wildman–Crippen LogP) is 1.86. The first-order valence-corrected chi connectivity index (χ1v) is 6.05. The number of halogens is 3. The van der Waals surface area contributed by atoms with Crippen LogP contribution in [-0.4, -0.2) is 32.3 Å². The van der Waals surface area contributed by atoms with E-state index in [0.717, 1.165) is 0 Å². The van der Waals surface area contributed by atoms with Gasteiger partial charge in [0, 0.05) is 13.0 Å². The molecular formula is C11H20F3N3O. The van der Waals surface area contributed by atoms with Gasteiger partial charge in [0.15, 0.2) is 0 Å². The topological polar surface area (TPSA) is 59.6 Å². The van der Waals surface area contributed by atoms with Crippen molar-refractivity contribution in [3.05, 3.63) is 0 Å². The van der Waals surface area contributed by atoms with Crippen LogP contribution < -0.4 is 11.3 Å². The minimum absolute atomic E-state index is 0.0690. The van der Waals surface area contributed by atoms with Gasteiger partial charge in [-0.3, -0.25) is 4.99 Å². The third-order valence-corrected chi connectivity index (χ3v) is 3.25. The van der Waals surface area contributed by atoms with Crippen molar-refractivity contribution in [2.24, 2.45) is 22.7 Å². The SMILES string of the molecule is COCCN=C(NN)C1CCCC(C(F)(F)F)C1. The number of hydrazine groups is 1. The molecule has 1 saturated carbocycles. The van der Waals surface area contributed by atoms with E-state index >= 15 is 0 Å². The van der Waals surface area contributed by atoms with Crippen LogP contribution in [-0.2, 0) is 4.74 Å². The molecule has 0 bridgehead atoms. The predicted molar refractivity (Wildman–Crippen MR) is 63.0 cm³/mol. The van der Waals surface area contributed by atoms with Crippen LogP contribution >= 0.6 is 0 Å². The molecule has 1 rings (SSSR count). The number of methoxy groups -OCH3 is 1. The molecule has 4 nitrogen and oxygen atoms in total. The Morgan fingerprint density at radius 3 is 2.72 bits per heavy atom. The molecule has 0 radical (unpaired) electrons. The van der Waals surface area contributed by atoms with Crippen molar-refractivity contribution in [1.29, 1.82) is 0 Å². The van der Waals surface area contributed by atoms with E-state index in [4.69, 9.17) is 10.6 Å². The van der Waals surface area contributed by atoms with Crippen molar-refractivity contribution in [1.82, 2.24) is 5.43 Å². The largest absolute Gasteiger partial charge is 0.391 e. The monoisotopic (exact) mass is 267 g/mol. The summed E-state index contributed by atoms with van der Waals surface area (Å²) in [6.07, 6.45) is -2.59. The minimum atomic E-state index is -4.12. The Hall–Kier alpha value is -0.820. The number of hydrogen-bond donors (Lipinski definition) is 2. The molecule has 0 amide bonds. The lowest BCUT2D eigenvalue weighted by molar-refractivity contribution is -0.183. The molecule has 2 unspecified atom stereocenters. The third kappa shape index (κ3) is 4.45. The van der Waals surface area contributed by atoms with Gasteiger partial charge in [-0.15, -0.1) is 0 Å². The van der Waals surface area contributed by atoms with E-state index in [1.807, 2.05) is 0 Å². The average Bonchev–Trinajstić information content (AvgIpc) is 2.34. The summed E-state index contributed by atoms with van der Waals surface area (Å²) < 4.78 is 42.9.